The van der Waals surface area contributed by atoms with Crippen molar-refractivity contribution in [1.29, 1.82) is 0 Å². The van der Waals surface area contributed by atoms with Crippen molar-refractivity contribution in [3.05, 3.63) is 23.2 Å². The quantitative estimate of drug-likeness (QED) is 0.781. The third-order valence-corrected chi connectivity index (χ3v) is 2.49. The molecule has 0 fully saturated rings. The van der Waals surface area contributed by atoms with Gasteiger partial charge in [0.25, 0.3) is 0 Å². The summed E-state index contributed by atoms with van der Waals surface area (Å²) in [6.45, 7) is 2.01. The molecule has 2 amide bonds. The molecule has 0 radical (unpaired) electrons. The first kappa shape index (κ1) is 17.7. The number of rotatable bonds is 5. The summed E-state index contributed by atoms with van der Waals surface area (Å²) < 4.78 is 0. The van der Waals surface area contributed by atoms with Crippen molar-refractivity contribution in [2.24, 2.45) is 0 Å². The van der Waals surface area contributed by atoms with Crippen molar-refractivity contribution in [3.8, 4) is 0 Å². The molecule has 0 aliphatic heterocycles. The zero-order valence-electron chi connectivity index (χ0n) is 10.7. The molecule has 1 rings (SSSR count). The highest BCUT2D eigenvalue weighted by Crippen LogP contribution is 2.25. The van der Waals surface area contributed by atoms with E-state index >= 15 is 0 Å². The van der Waals surface area contributed by atoms with Gasteiger partial charge in [0.15, 0.2) is 0 Å². The minimum Gasteiger partial charge on any atom is -0.326 e. The van der Waals surface area contributed by atoms with Gasteiger partial charge in [-0.3, -0.25) is 9.59 Å². The van der Waals surface area contributed by atoms with E-state index < -0.39 is 0 Å². The van der Waals surface area contributed by atoms with Gasteiger partial charge in [0.2, 0.25) is 11.8 Å². The van der Waals surface area contributed by atoms with Crippen molar-refractivity contribution < 1.29 is 9.59 Å². The van der Waals surface area contributed by atoms with Gasteiger partial charge in [0.05, 0.1) is 10.7 Å². The zero-order chi connectivity index (χ0) is 13.5. The number of hydrogen-bond donors (Lipinski definition) is 3. The minimum atomic E-state index is -0.212. The van der Waals surface area contributed by atoms with Crippen LogP contribution in [0.3, 0.4) is 0 Å². The average Bonchev–Trinajstić information content (AvgIpc) is 2.30. The number of amides is 2. The van der Waals surface area contributed by atoms with Gasteiger partial charge in [-0.1, -0.05) is 11.6 Å². The highest BCUT2D eigenvalue weighted by Gasteiger charge is 2.06. The van der Waals surface area contributed by atoms with Crippen LogP contribution in [0, 0.1) is 0 Å². The van der Waals surface area contributed by atoms with E-state index in [-0.39, 0.29) is 24.2 Å². The number of carbonyl (C=O) groups is 2. The second-order valence-electron chi connectivity index (χ2n) is 3.78. The highest BCUT2D eigenvalue weighted by molar-refractivity contribution is 6.33. The van der Waals surface area contributed by atoms with Crippen molar-refractivity contribution >= 4 is 47.2 Å². The Morgan fingerprint density at radius 1 is 1.26 bits per heavy atom. The monoisotopic (exact) mass is 305 g/mol. The highest BCUT2D eigenvalue weighted by atomic mass is 35.5. The van der Waals surface area contributed by atoms with Gasteiger partial charge in [-0.2, -0.15) is 0 Å². The topological polar surface area (TPSA) is 70.2 Å². The molecule has 0 atom stereocenters. The van der Waals surface area contributed by atoms with Crippen LogP contribution in [0.2, 0.25) is 5.02 Å². The number of halogens is 2. The maximum Gasteiger partial charge on any atom is 0.225 e. The number of carbonyl (C=O) groups excluding carboxylic acids is 2. The summed E-state index contributed by atoms with van der Waals surface area (Å²) in [6.07, 6.45) is 0.384. The summed E-state index contributed by atoms with van der Waals surface area (Å²) in [5, 5.41) is 8.65. The van der Waals surface area contributed by atoms with Crippen molar-refractivity contribution in [2.75, 3.05) is 24.2 Å². The summed E-state index contributed by atoms with van der Waals surface area (Å²) in [5.41, 5.74) is 1.08. The van der Waals surface area contributed by atoms with Gasteiger partial charge < -0.3 is 16.0 Å². The van der Waals surface area contributed by atoms with Gasteiger partial charge in [-0.15, -0.1) is 12.4 Å². The molecule has 0 aliphatic carbocycles. The number of anilines is 2. The molecule has 0 bridgehead atoms. The molecule has 0 saturated carbocycles. The molecule has 1 aromatic carbocycles. The molecule has 1 aromatic rings. The number of benzene rings is 1. The Morgan fingerprint density at radius 2 is 1.95 bits per heavy atom. The smallest absolute Gasteiger partial charge is 0.225 e. The van der Waals surface area contributed by atoms with E-state index in [1.54, 1.807) is 25.2 Å². The Balaban J connectivity index is 0.00000324. The predicted molar refractivity (Wildman–Crippen MR) is 80.2 cm³/mol. The van der Waals surface area contributed by atoms with Gasteiger partial charge >= 0.3 is 0 Å². The third-order valence-electron chi connectivity index (χ3n) is 2.16. The van der Waals surface area contributed by atoms with E-state index in [9.17, 15) is 9.59 Å². The third kappa shape index (κ3) is 6.42. The first-order valence-corrected chi connectivity index (χ1v) is 5.92. The van der Waals surface area contributed by atoms with Crippen LogP contribution in [-0.4, -0.2) is 25.4 Å². The summed E-state index contributed by atoms with van der Waals surface area (Å²) in [6, 6.07) is 4.94. The van der Waals surface area contributed by atoms with E-state index in [1.807, 2.05) is 0 Å². The Bertz CT molecular complexity index is 453. The Kier molecular flexibility index (Phi) is 8.14. The van der Waals surface area contributed by atoms with Crippen LogP contribution in [0.5, 0.6) is 0 Å². The van der Waals surface area contributed by atoms with Crippen LogP contribution in [0.1, 0.15) is 13.3 Å². The van der Waals surface area contributed by atoms with Crippen LogP contribution in [0.15, 0.2) is 18.2 Å². The fourth-order valence-corrected chi connectivity index (χ4v) is 1.52. The van der Waals surface area contributed by atoms with E-state index in [1.165, 1.54) is 6.92 Å². The molecule has 0 spiro atoms. The fraction of sp³-hybridized carbons (Fsp3) is 0.333. The standard InChI is InChI=1S/C12H16ClN3O2.ClH/c1-8(17)15-11-7-9(3-4-10(11)13)16-12(18)5-6-14-2;/h3-4,7,14H,5-6H2,1-2H3,(H,15,17)(H,16,18);1H. The van der Waals surface area contributed by atoms with E-state index in [4.69, 9.17) is 11.6 Å². The van der Waals surface area contributed by atoms with E-state index in [0.29, 0.717) is 29.4 Å². The number of hydrogen-bond acceptors (Lipinski definition) is 3. The van der Waals surface area contributed by atoms with Crippen LogP contribution < -0.4 is 16.0 Å². The van der Waals surface area contributed by atoms with E-state index in [2.05, 4.69) is 16.0 Å². The first-order valence-electron chi connectivity index (χ1n) is 5.54. The Hall–Kier alpha value is -1.30. The first-order chi connectivity index (χ1) is 8.52. The lowest BCUT2D eigenvalue weighted by Gasteiger charge is -2.09. The molecular formula is C12H17Cl2N3O2. The lowest BCUT2D eigenvalue weighted by molar-refractivity contribution is -0.116. The molecular weight excluding hydrogens is 289 g/mol. The van der Waals surface area contributed by atoms with Crippen LogP contribution in [0.4, 0.5) is 11.4 Å². The second-order valence-corrected chi connectivity index (χ2v) is 4.18. The normalized spacial score (nSPS) is 9.42. The van der Waals surface area contributed by atoms with Gasteiger partial charge in [-0.25, -0.2) is 0 Å². The summed E-state index contributed by atoms with van der Waals surface area (Å²) >= 11 is 5.92. The van der Waals surface area contributed by atoms with Gasteiger partial charge in [0, 0.05) is 25.6 Å². The Morgan fingerprint density at radius 3 is 2.53 bits per heavy atom. The average molecular weight is 306 g/mol. The maximum atomic E-state index is 11.5. The van der Waals surface area contributed by atoms with Crippen LogP contribution in [-0.2, 0) is 9.59 Å². The number of nitrogens with one attached hydrogen (secondary N) is 3. The molecule has 3 N–H and O–H groups in total. The minimum absolute atomic E-state index is 0. The SMILES string of the molecule is CNCCC(=O)Nc1ccc(Cl)c(NC(C)=O)c1.Cl. The van der Waals surface area contributed by atoms with Crippen molar-refractivity contribution in [3.63, 3.8) is 0 Å². The largest absolute Gasteiger partial charge is 0.326 e. The molecule has 0 aromatic heterocycles. The second kappa shape index (κ2) is 8.74. The fourth-order valence-electron chi connectivity index (χ4n) is 1.35. The van der Waals surface area contributed by atoms with Gasteiger partial charge in [0.1, 0.15) is 0 Å². The molecule has 7 heteroatoms. The summed E-state index contributed by atoms with van der Waals surface area (Å²) in [4.78, 5) is 22.5. The lowest BCUT2D eigenvalue weighted by Crippen LogP contribution is -2.18. The van der Waals surface area contributed by atoms with E-state index in [0.717, 1.165) is 0 Å². The summed E-state index contributed by atoms with van der Waals surface area (Å²) in [7, 11) is 1.78. The molecule has 0 saturated heterocycles. The Labute approximate surface area is 123 Å². The molecule has 19 heavy (non-hydrogen) atoms. The zero-order valence-corrected chi connectivity index (χ0v) is 12.3. The van der Waals surface area contributed by atoms with Crippen molar-refractivity contribution in [2.45, 2.75) is 13.3 Å². The van der Waals surface area contributed by atoms with Crippen LogP contribution >= 0.6 is 24.0 Å². The molecule has 5 nitrogen and oxygen atoms in total. The molecule has 106 valence electrons. The lowest BCUT2D eigenvalue weighted by atomic mass is 10.2. The predicted octanol–water partition coefficient (Wildman–Crippen LogP) is 2.27. The maximum absolute atomic E-state index is 11.5. The molecule has 0 heterocycles. The van der Waals surface area contributed by atoms with Crippen LogP contribution in [0.25, 0.3) is 0 Å². The molecule has 0 unspecified atom stereocenters. The van der Waals surface area contributed by atoms with Crippen molar-refractivity contribution in [1.82, 2.24) is 5.32 Å². The summed E-state index contributed by atoms with van der Waals surface area (Å²) in [5.74, 6) is -0.309. The van der Waals surface area contributed by atoms with Gasteiger partial charge in [-0.05, 0) is 25.2 Å². The molecule has 0 aliphatic rings.